The standard InChI is InChI=1S/C32H32F3N3O5S/c1-2-3-4-5-15-41-25-12-10-23(11-13-25)36-30(40)28-18-29(39)38(19-21-9-14-26-27(16-21)43-20-42-26)31(44-28)37-24-8-6-7-22(17-24)32(33,34)35/h6-14,16-17,28H,2-5,15,18-20H2,1H3,(H,36,40). The lowest BCUT2D eigenvalue weighted by atomic mass is 10.1. The number of aliphatic imine (C=N–C) groups is 1. The van der Waals surface area contributed by atoms with E-state index < -0.39 is 22.9 Å². The van der Waals surface area contributed by atoms with Crippen LogP contribution in [0.4, 0.5) is 24.5 Å². The van der Waals surface area contributed by atoms with Crippen molar-refractivity contribution >= 4 is 40.1 Å². The molecule has 0 aromatic heterocycles. The number of rotatable bonds is 11. The molecular weight excluding hydrogens is 595 g/mol. The summed E-state index contributed by atoms with van der Waals surface area (Å²) in [4.78, 5) is 32.5. The summed E-state index contributed by atoms with van der Waals surface area (Å²) in [6.07, 6.45) is -0.295. The average molecular weight is 628 g/mol. The predicted octanol–water partition coefficient (Wildman–Crippen LogP) is 7.55. The minimum Gasteiger partial charge on any atom is -0.494 e. The molecule has 1 fully saturated rings. The summed E-state index contributed by atoms with van der Waals surface area (Å²) in [5, 5.41) is 2.09. The van der Waals surface area contributed by atoms with Gasteiger partial charge in [0.15, 0.2) is 16.7 Å². The maximum absolute atomic E-state index is 13.4. The number of thioether (sulfide) groups is 1. The first-order chi connectivity index (χ1) is 21.2. The van der Waals surface area contributed by atoms with Crippen LogP contribution in [-0.2, 0) is 22.3 Å². The minimum atomic E-state index is -4.56. The van der Waals surface area contributed by atoms with Gasteiger partial charge in [0.2, 0.25) is 18.6 Å². The first kappa shape index (κ1) is 31.2. The second kappa shape index (κ2) is 14.1. The highest BCUT2D eigenvalue weighted by Crippen LogP contribution is 2.36. The highest BCUT2D eigenvalue weighted by Gasteiger charge is 2.37. The molecule has 0 radical (unpaired) electrons. The summed E-state index contributed by atoms with van der Waals surface area (Å²) >= 11 is 1.03. The number of nitrogens with one attached hydrogen (secondary N) is 1. The number of benzene rings is 3. The first-order valence-electron chi connectivity index (χ1n) is 14.3. The summed E-state index contributed by atoms with van der Waals surface area (Å²) in [6, 6.07) is 16.7. The van der Waals surface area contributed by atoms with Gasteiger partial charge in [0, 0.05) is 12.1 Å². The Kier molecular flexibility index (Phi) is 9.99. The van der Waals surface area contributed by atoms with Gasteiger partial charge < -0.3 is 19.5 Å². The molecule has 2 amide bonds. The van der Waals surface area contributed by atoms with Crippen molar-refractivity contribution in [1.82, 2.24) is 4.90 Å². The van der Waals surface area contributed by atoms with E-state index in [0.717, 1.165) is 43.2 Å². The number of unbranched alkanes of at least 4 members (excludes halogenated alkanes) is 3. The predicted molar refractivity (Wildman–Crippen MR) is 162 cm³/mol. The van der Waals surface area contributed by atoms with Crippen LogP contribution in [0.5, 0.6) is 17.2 Å². The SMILES string of the molecule is CCCCCCOc1ccc(NC(=O)C2CC(=O)N(Cc3ccc4c(c3)OCO4)C(=Nc3cccc(C(F)(F)F)c3)S2)cc1. The van der Waals surface area contributed by atoms with Crippen molar-refractivity contribution in [3.05, 3.63) is 77.9 Å². The number of ether oxygens (including phenoxy) is 3. The molecule has 232 valence electrons. The Labute approximate surface area is 257 Å². The molecule has 0 bridgehead atoms. The van der Waals surface area contributed by atoms with E-state index in [9.17, 15) is 22.8 Å². The lowest BCUT2D eigenvalue weighted by Crippen LogP contribution is -2.44. The molecule has 1 N–H and O–H groups in total. The number of hydrogen-bond acceptors (Lipinski definition) is 7. The molecule has 0 saturated carbocycles. The van der Waals surface area contributed by atoms with Gasteiger partial charge in [-0.05, 0) is 66.6 Å². The fourth-order valence-corrected chi connectivity index (χ4v) is 5.76. The molecule has 0 spiro atoms. The van der Waals surface area contributed by atoms with Crippen molar-refractivity contribution in [2.75, 3.05) is 18.7 Å². The van der Waals surface area contributed by atoms with Crippen LogP contribution in [-0.4, -0.2) is 40.5 Å². The fourth-order valence-electron chi connectivity index (χ4n) is 4.66. The molecule has 2 heterocycles. The maximum Gasteiger partial charge on any atom is 0.416 e. The van der Waals surface area contributed by atoms with Gasteiger partial charge in [0.05, 0.1) is 24.4 Å². The zero-order valence-electron chi connectivity index (χ0n) is 24.1. The molecule has 1 saturated heterocycles. The largest absolute Gasteiger partial charge is 0.494 e. The second-order valence-corrected chi connectivity index (χ2v) is 11.5. The van der Waals surface area contributed by atoms with Crippen molar-refractivity contribution in [1.29, 1.82) is 0 Å². The van der Waals surface area contributed by atoms with E-state index >= 15 is 0 Å². The molecule has 44 heavy (non-hydrogen) atoms. The summed E-state index contributed by atoms with van der Waals surface area (Å²) in [5.41, 5.74) is 0.379. The average Bonchev–Trinajstić information content (AvgIpc) is 3.47. The molecule has 2 aliphatic rings. The quantitative estimate of drug-likeness (QED) is 0.221. The lowest BCUT2D eigenvalue weighted by Gasteiger charge is -2.32. The zero-order chi connectivity index (χ0) is 31.1. The third-order valence-electron chi connectivity index (χ3n) is 7.00. The van der Waals surface area contributed by atoms with Crippen molar-refractivity contribution in [2.45, 2.75) is 57.0 Å². The van der Waals surface area contributed by atoms with Crippen molar-refractivity contribution in [3.63, 3.8) is 0 Å². The molecule has 1 unspecified atom stereocenters. The Morgan fingerprint density at radius 3 is 2.61 bits per heavy atom. The van der Waals surface area contributed by atoms with Crippen molar-refractivity contribution in [2.24, 2.45) is 4.99 Å². The highest BCUT2D eigenvalue weighted by atomic mass is 32.2. The van der Waals surface area contributed by atoms with E-state index in [1.165, 1.54) is 23.5 Å². The van der Waals surface area contributed by atoms with Crippen LogP contribution < -0.4 is 19.5 Å². The van der Waals surface area contributed by atoms with Crippen LogP contribution >= 0.6 is 11.8 Å². The Hall–Kier alpha value is -4.19. The third-order valence-corrected chi connectivity index (χ3v) is 8.18. The highest BCUT2D eigenvalue weighted by molar-refractivity contribution is 8.15. The van der Waals surface area contributed by atoms with Crippen LogP contribution in [0.15, 0.2) is 71.7 Å². The van der Waals surface area contributed by atoms with Gasteiger partial charge in [-0.1, -0.05) is 50.1 Å². The number of amidine groups is 1. The van der Waals surface area contributed by atoms with E-state index in [-0.39, 0.29) is 36.5 Å². The molecule has 8 nitrogen and oxygen atoms in total. The number of carbonyl (C=O) groups excluding carboxylic acids is 2. The second-order valence-electron chi connectivity index (χ2n) is 10.3. The zero-order valence-corrected chi connectivity index (χ0v) is 24.9. The van der Waals surface area contributed by atoms with E-state index in [4.69, 9.17) is 14.2 Å². The van der Waals surface area contributed by atoms with E-state index in [1.54, 1.807) is 42.5 Å². The first-order valence-corrected chi connectivity index (χ1v) is 15.2. The van der Waals surface area contributed by atoms with E-state index in [1.807, 2.05) is 0 Å². The Morgan fingerprint density at radius 2 is 1.84 bits per heavy atom. The number of hydrogen-bond donors (Lipinski definition) is 1. The number of alkyl halides is 3. The lowest BCUT2D eigenvalue weighted by molar-refractivity contribution is -0.137. The van der Waals surface area contributed by atoms with E-state index in [0.29, 0.717) is 35.1 Å². The van der Waals surface area contributed by atoms with Crippen LogP contribution in [0.1, 0.15) is 50.2 Å². The van der Waals surface area contributed by atoms with Gasteiger partial charge in [-0.15, -0.1) is 0 Å². The number of nitrogens with zero attached hydrogens (tertiary/aromatic N) is 2. The molecule has 5 rings (SSSR count). The van der Waals surface area contributed by atoms with Crippen molar-refractivity contribution < 1.29 is 37.0 Å². The molecule has 1 atom stereocenters. The number of fused-ring (bicyclic) bond motifs is 1. The van der Waals surface area contributed by atoms with Crippen LogP contribution in [0.3, 0.4) is 0 Å². The van der Waals surface area contributed by atoms with Gasteiger partial charge in [-0.3, -0.25) is 14.5 Å². The monoisotopic (exact) mass is 627 g/mol. The molecule has 3 aromatic rings. The fraction of sp³-hybridized carbons (Fsp3) is 0.344. The summed E-state index contributed by atoms with van der Waals surface area (Å²) in [6.45, 7) is 2.93. The number of anilines is 1. The van der Waals surface area contributed by atoms with Gasteiger partial charge in [0.25, 0.3) is 0 Å². The van der Waals surface area contributed by atoms with Gasteiger partial charge >= 0.3 is 6.18 Å². The van der Waals surface area contributed by atoms with Gasteiger partial charge in [-0.2, -0.15) is 13.2 Å². The normalized spacial score (nSPS) is 17.2. The molecular formula is C32H32F3N3O5S. The Morgan fingerprint density at radius 1 is 1.05 bits per heavy atom. The molecule has 2 aliphatic heterocycles. The topological polar surface area (TPSA) is 89.5 Å². The summed E-state index contributed by atoms with van der Waals surface area (Å²) < 4.78 is 56.7. The van der Waals surface area contributed by atoms with Gasteiger partial charge in [-0.25, -0.2) is 4.99 Å². The summed E-state index contributed by atoms with van der Waals surface area (Å²) in [7, 11) is 0. The van der Waals surface area contributed by atoms with Crippen LogP contribution in [0, 0.1) is 0 Å². The van der Waals surface area contributed by atoms with Crippen LogP contribution in [0.25, 0.3) is 0 Å². The molecule has 12 heteroatoms. The molecule has 3 aromatic carbocycles. The van der Waals surface area contributed by atoms with Gasteiger partial charge in [0.1, 0.15) is 11.0 Å². The number of carbonyl (C=O) groups is 2. The van der Waals surface area contributed by atoms with Crippen LogP contribution in [0.2, 0.25) is 0 Å². The Bertz CT molecular complexity index is 1510. The smallest absolute Gasteiger partial charge is 0.416 e. The third kappa shape index (κ3) is 8.04. The molecule has 0 aliphatic carbocycles. The number of halogens is 3. The van der Waals surface area contributed by atoms with E-state index in [2.05, 4.69) is 17.2 Å². The number of amides is 2. The summed E-state index contributed by atoms with van der Waals surface area (Å²) in [5.74, 6) is 0.988. The Balaban J connectivity index is 1.32. The maximum atomic E-state index is 13.4. The van der Waals surface area contributed by atoms with Crippen molar-refractivity contribution in [3.8, 4) is 17.2 Å². The minimum absolute atomic E-state index is 0.0113.